The van der Waals surface area contributed by atoms with Gasteiger partial charge in [0.05, 0.1) is 35.4 Å². The van der Waals surface area contributed by atoms with Crippen molar-refractivity contribution in [2.45, 2.75) is 11.8 Å². The summed E-state index contributed by atoms with van der Waals surface area (Å²) < 4.78 is 38.8. The third kappa shape index (κ3) is 4.57. The number of benzene rings is 3. The first kappa shape index (κ1) is 23.6. The third-order valence-electron chi connectivity index (χ3n) is 5.42. The number of carbonyl (C=O) groups excluding carboxylic acids is 1. The maximum Gasteiger partial charge on any atom is 0.265 e. The predicted molar refractivity (Wildman–Crippen MR) is 136 cm³/mol. The van der Waals surface area contributed by atoms with Gasteiger partial charge in [-0.2, -0.15) is 0 Å². The van der Waals surface area contributed by atoms with Gasteiger partial charge < -0.3 is 14.8 Å². The Bertz CT molecular complexity index is 1460. The highest BCUT2D eigenvalue weighted by Gasteiger charge is 2.22. The molecule has 1 heterocycles. The number of hydrogen-bond acceptors (Lipinski definition) is 6. The van der Waals surface area contributed by atoms with Crippen molar-refractivity contribution < 1.29 is 22.7 Å². The van der Waals surface area contributed by atoms with E-state index in [2.05, 4.69) is 5.32 Å². The summed E-state index contributed by atoms with van der Waals surface area (Å²) >= 11 is 1.32. The molecule has 34 heavy (non-hydrogen) atoms. The van der Waals surface area contributed by atoms with Gasteiger partial charge in [-0.15, -0.1) is 11.3 Å². The van der Waals surface area contributed by atoms with Crippen molar-refractivity contribution >= 4 is 48.7 Å². The van der Waals surface area contributed by atoms with E-state index in [1.54, 1.807) is 67.8 Å². The monoisotopic (exact) mass is 496 g/mol. The number of aryl methyl sites for hydroxylation is 1. The van der Waals surface area contributed by atoms with Crippen LogP contribution in [0.25, 0.3) is 10.1 Å². The van der Waals surface area contributed by atoms with E-state index < -0.39 is 10.0 Å². The maximum absolute atomic E-state index is 13.1. The Morgan fingerprint density at radius 1 is 0.941 bits per heavy atom. The number of nitrogens with one attached hydrogen (secondary N) is 1. The van der Waals surface area contributed by atoms with Gasteiger partial charge in [-0.05, 0) is 60.8 Å². The number of methoxy groups -OCH3 is 2. The molecule has 0 bridgehead atoms. The number of nitrogens with zero attached hydrogens (tertiary/aromatic N) is 1. The number of ether oxygens (including phenoxy) is 2. The van der Waals surface area contributed by atoms with Crippen LogP contribution in [0.1, 0.15) is 15.2 Å². The van der Waals surface area contributed by atoms with Crippen molar-refractivity contribution in [2.24, 2.45) is 0 Å². The number of hydrogen-bond donors (Lipinski definition) is 1. The standard InChI is InChI=1S/C25H24N2O5S2/c1-16-5-9-20(10-6-16)34(29,30)27(2)18-7-12-23-17(13-18)14-24(33-23)25(28)26-21-15-19(31-3)8-11-22(21)32-4/h5-15H,1-4H3,(H,26,28). The molecular weight excluding hydrogens is 472 g/mol. The van der Waals surface area contributed by atoms with Crippen molar-refractivity contribution in [2.75, 3.05) is 30.9 Å². The molecule has 0 atom stereocenters. The summed E-state index contributed by atoms with van der Waals surface area (Å²) in [6.07, 6.45) is 0. The van der Waals surface area contributed by atoms with Crippen LogP contribution >= 0.6 is 11.3 Å². The van der Waals surface area contributed by atoms with Gasteiger partial charge in [0.1, 0.15) is 11.5 Å². The molecule has 0 saturated carbocycles. The number of thiophene rings is 1. The smallest absolute Gasteiger partial charge is 0.265 e. The summed E-state index contributed by atoms with van der Waals surface area (Å²) in [5.74, 6) is 0.810. The van der Waals surface area contributed by atoms with E-state index in [0.717, 1.165) is 15.6 Å². The molecule has 4 aromatic rings. The SMILES string of the molecule is COc1ccc(OC)c(NC(=O)c2cc3cc(N(C)S(=O)(=O)c4ccc(C)cc4)ccc3s2)c1. The Morgan fingerprint density at radius 2 is 1.68 bits per heavy atom. The van der Waals surface area contributed by atoms with Crippen LogP contribution in [0.2, 0.25) is 0 Å². The number of anilines is 2. The van der Waals surface area contributed by atoms with E-state index in [-0.39, 0.29) is 10.8 Å². The molecule has 3 aromatic carbocycles. The van der Waals surface area contributed by atoms with Gasteiger partial charge >= 0.3 is 0 Å². The second-order valence-electron chi connectivity index (χ2n) is 7.64. The van der Waals surface area contributed by atoms with Gasteiger partial charge in [-0.3, -0.25) is 9.10 Å². The molecule has 0 aliphatic heterocycles. The largest absolute Gasteiger partial charge is 0.497 e. The highest BCUT2D eigenvalue weighted by molar-refractivity contribution is 7.92. The van der Waals surface area contributed by atoms with Gasteiger partial charge in [0, 0.05) is 17.8 Å². The Hall–Kier alpha value is -3.56. The van der Waals surface area contributed by atoms with Gasteiger partial charge in [-0.1, -0.05) is 17.7 Å². The number of amides is 1. The normalized spacial score (nSPS) is 11.3. The minimum Gasteiger partial charge on any atom is -0.497 e. The second-order valence-corrected chi connectivity index (χ2v) is 10.7. The number of carbonyl (C=O) groups is 1. The minimum atomic E-state index is -3.71. The molecule has 0 fully saturated rings. The fourth-order valence-corrected chi connectivity index (χ4v) is 5.57. The van der Waals surface area contributed by atoms with E-state index in [1.165, 1.54) is 29.8 Å². The summed E-state index contributed by atoms with van der Waals surface area (Å²) in [7, 11) is 0.885. The first-order valence-corrected chi connectivity index (χ1v) is 12.6. The zero-order chi connectivity index (χ0) is 24.5. The van der Waals surface area contributed by atoms with Crippen LogP contribution < -0.4 is 19.1 Å². The molecule has 0 unspecified atom stereocenters. The zero-order valence-electron chi connectivity index (χ0n) is 19.2. The highest BCUT2D eigenvalue weighted by Crippen LogP contribution is 2.33. The zero-order valence-corrected chi connectivity index (χ0v) is 20.8. The topological polar surface area (TPSA) is 84.9 Å². The average molecular weight is 497 g/mol. The summed E-state index contributed by atoms with van der Waals surface area (Å²) in [6, 6.07) is 18.9. The van der Waals surface area contributed by atoms with Gasteiger partial charge in [-0.25, -0.2) is 8.42 Å². The van der Waals surface area contributed by atoms with Crippen LogP contribution in [0, 0.1) is 6.92 Å². The summed E-state index contributed by atoms with van der Waals surface area (Å²) in [4.78, 5) is 13.6. The Labute approximate surface area is 202 Å². The first-order valence-electron chi connectivity index (χ1n) is 10.4. The fourth-order valence-electron chi connectivity index (χ4n) is 3.44. The third-order valence-corrected chi connectivity index (χ3v) is 8.34. The average Bonchev–Trinajstić information content (AvgIpc) is 3.27. The molecule has 4 rings (SSSR count). The van der Waals surface area contributed by atoms with Crippen molar-refractivity contribution in [3.05, 3.63) is 77.2 Å². The summed E-state index contributed by atoms with van der Waals surface area (Å²) in [5, 5.41) is 3.64. The van der Waals surface area contributed by atoms with E-state index in [4.69, 9.17) is 9.47 Å². The molecule has 1 N–H and O–H groups in total. The molecule has 0 aliphatic rings. The van der Waals surface area contributed by atoms with Crippen LogP contribution in [-0.4, -0.2) is 35.6 Å². The van der Waals surface area contributed by atoms with Gasteiger partial charge in [0.2, 0.25) is 0 Å². The van der Waals surface area contributed by atoms with Crippen LogP contribution in [0.3, 0.4) is 0 Å². The Morgan fingerprint density at radius 3 is 2.35 bits per heavy atom. The molecule has 0 radical (unpaired) electrons. The van der Waals surface area contributed by atoms with Crippen molar-refractivity contribution in [3.63, 3.8) is 0 Å². The highest BCUT2D eigenvalue weighted by atomic mass is 32.2. The number of sulfonamides is 1. The van der Waals surface area contributed by atoms with Crippen molar-refractivity contribution in [1.82, 2.24) is 0 Å². The quantitative estimate of drug-likeness (QED) is 0.375. The molecule has 7 nitrogen and oxygen atoms in total. The molecule has 0 aliphatic carbocycles. The predicted octanol–water partition coefficient (Wildman–Crippen LogP) is 5.30. The maximum atomic E-state index is 13.1. The van der Waals surface area contributed by atoms with Crippen molar-refractivity contribution in [3.8, 4) is 11.5 Å². The van der Waals surface area contributed by atoms with E-state index in [9.17, 15) is 13.2 Å². The molecule has 1 amide bonds. The summed E-state index contributed by atoms with van der Waals surface area (Å²) in [6.45, 7) is 1.91. The minimum absolute atomic E-state index is 0.221. The summed E-state index contributed by atoms with van der Waals surface area (Å²) in [5.41, 5.74) is 1.99. The fraction of sp³-hybridized carbons (Fsp3) is 0.160. The molecular formula is C25H24N2O5S2. The lowest BCUT2D eigenvalue weighted by Gasteiger charge is -2.19. The van der Waals surface area contributed by atoms with Gasteiger partial charge in [0.15, 0.2) is 0 Å². The molecule has 0 saturated heterocycles. The molecule has 0 spiro atoms. The number of rotatable bonds is 7. The Kier molecular flexibility index (Phi) is 6.49. The Balaban J connectivity index is 1.61. The van der Waals surface area contributed by atoms with Gasteiger partial charge in [0.25, 0.3) is 15.9 Å². The number of fused-ring (bicyclic) bond motifs is 1. The van der Waals surface area contributed by atoms with Crippen LogP contribution in [0.15, 0.2) is 71.6 Å². The first-order chi connectivity index (χ1) is 16.2. The molecule has 1 aromatic heterocycles. The lowest BCUT2D eigenvalue weighted by Crippen LogP contribution is -2.26. The van der Waals surface area contributed by atoms with Crippen LogP contribution in [0.5, 0.6) is 11.5 Å². The molecule has 176 valence electrons. The van der Waals surface area contributed by atoms with Crippen LogP contribution in [0.4, 0.5) is 11.4 Å². The van der Waals surface area contributed by atoms with E-state index >= 15 is 0 Å². The van der Waals surface area contributed by atoms with E-state index in [0.29, 0.717) is 27.8 Å². The molecule has 9 heteroatoms. The lowest BCUT2D eigenvalue weighted by atomic mass is 10.2. The lowest BCUT2D eigenvalue weighted by molar-refractivity contribution is 0.103. The van der Waals surface area contributed by atoms with E-state index in [1.807, 2.05) is 13.0 Å². The van der Waals surface area contributed by atoms with Crippen LogP contribution in [-0.2, 0) is 10.0 Å². The van der Waals surface area contributed by atoms with Crippen molar-refractivity contribution in [1.29, 1.82) is 0 Å². The second kappa shape index (κ2) is 9.36.